The van der Waals surface area contributed by atoms with Gasteiger partial charge in [-0.1, -0.05) is 30.3 Å². The first-order chi connectivity index (χ1) is 12.9. The lowest BCUT2D eigenvalue weighted by molar-refractivity contribution is -0.393. The Labute approximate surface area is 152 Å². The molecule has 9 heteroatoms. The summed E-state index contributed by atoms with van der Waals surface area (Å²) in [5, 5.41) is 26.1. The SMILES string of the molecule is O=C(COc1ccc2ccccc2c1)Nc1ccc([N+](=O)[O-])cc1[N+](=O)[O-]. The maximum absolute atomic E-state index is 12.1. The Kier molecular flexibility index (Phi) is 4.93. The van der Waals surface area contributed by atoms with Crippen LogP contribution < -0.4 is 10.1 Å². The minimum absolute atomic E-state index is 0.141. The monoisotopic (exact) mass is 367 g/mol. The fourth-order valence-electron chi connectivity index (χ4n) is 2.48. The van der Waals surface area contributed by atoms with E-state index in [-0.39, 0.29) is 12.3 Å². The summed E-state index contributed by atoms with van der Waals surface area (Å²) in [4.78, 5) is 32.3. The number of anilines is 1. The summed E-state index contributed by atoms with van der Waals surface area (Å²) in [6, 6.07) is 16.0. The van der Waals surface area contributed by atoms with Crippen LogP contribution in [0.5, 0.6) is 5.75 Å². The molecule has 3 aromatic carbocycles. The number of rotatable bonds is 6. The first-order valence-corrected chi connectivity index (χ1v) is 7.78. The van der Waals surface area contributed by atoms with Crippen LogP contribution in [0.15, 0.2) is 60.7 Å². The van der Waals surface area contributed by atoms with Crippen molar-refractivity contribution in [1.29, 1.82) is 0 Å². The van der Waals surface area contributed by atoms with Gasteiger partial charge in [0.15, 0.2) is 6.61 Å². The summed E-state index contributed by atoms with van der Waals surface area (Å²) >= 11 is 0. The predicted octanol–water partition coefficient (Wildman–Crippen LogP) is 3.67. The summed E-state index contributed by atoms with van der Waals surface area (Å²) in [5.74, 6) is -0.151. The fourth-order valence-corrected chi connectivity index (χ4v) is 2.48. The highest BCUT2D eigenvalue weighted by atomic mass is 16.6. The molecule has 9 nitrogen and oxygen atoms in total. The van der Waals surface area contributed by atoms with E-state index in [9.17, 15) is 25.0 Å². The van der Waals surface area contributed by atoms with Gasteiger partial charge in [-0.25, -0.2) is 0 Å². The Bertz CT molecular complexity index is 1050. The van der Waals surface area contributed by atoms with E-state index in [1.54, 1.807) is 12.1 Å². The first kappa shape index (κ1) is 17.8. The second-order valence-corrected chi connectivity index (χ2v) is 5.56. The maximum atomic E-state index is 12.1. The van der Waals surface area contributed by atoms with Crippen molar-refractivity contribution in [1.82, 2.24) is 0 Å². The zero-order valence-electron chi connectivity index (χ0n) is 13.8. The van der Waals surface area contributed by atoms with Crippen molar-refractivity contribution in [2.45, 2.75) is 0 Å². The van der Waals surface area contributed by atoms with Crippen LogP contribution in [-0.2, 0) is 4.79 Å². The molecule has 0 bridgehead atoms. The highest BCUT2D eigenvalue weighted by molar-refractivity contribution is 5.94. The number of benzene rings is 3. The number of fused-ring (bicyclic) bond motifs is 1. The van der Waals surface area contributed by atoms with Crippen LogP contribution in [0.25, 0.3) is 10.8 Å². The largest absolute Gasteiger partial charge is 0.484 e. The van der Waals surface area contributed by atoms with Gasteiger partial charge in [-0.2, -0.15) is 0 Å². The lowest BCUT2D eigenvalue weighted by atomic mass is 10.1. The molecule has 0 saturated carbocycles. The van der Waals surface area contributed by atoms with Gasteiger partial charge >= 0.3 is 0 Å². The number of ether oxygens (including phenoxy) is 1. The number of carbonyl (C=O) groups is 1. The lowest BCUT2D eigenvalue weighted by Gasteiger charge is -2.09. The molecule has 0 heterocycles. The van der Waals surface area contributed by atoms with E-state index in [4.69, 9.17) is 4.74 Å². The molecule has 136 valence electrons. The predicted molar refractivity (Wildman–Crippen MR) is 97.8 cm³/mol. The summed E-state index contributed by atoms with van der Waals surface area (Å²) in [6.45, 7) is -0.369. The number of non-ortho nitro benzene ring substituents is 1. The van der Waals surface area contributed by atoms with Gasteiger partial charge < -0.3 is 10.1 Å². The number of nitro benzene ring substituents is 2. The van der Waals surface area contributed by atoms with Crippen molar-refractivity contribution in [2.75, 3.05) is 11.9 Å². The normalized spacial score (nSPS) is 10.4. The minimum Gasteiger partial charge on any atom is -0.484 e. The highest BCUT2D eigenvalue weighted by Gasteiger charge is 2.21. The zero-order chi connectivity index (χ0) is 19.4. The minimum atomic E-state index is -0.799. The van der Waals surface area contributed by atoms with Crippen LogP contribution in [0.1, 0.15) is 0 Å². The van der Waals surface area contributed by atoms with Crippen molar-refractivity contribution < 1.29 is 19.4 Å². The third-order valence-electron chi connectivity index (χ3n) is 3.75. The zero-order valence-corrected chi connectivity index (χ0v) is 13.8. The van der Waals surface area contributed by atoms with E-state index in [1.165, 1.54) is 0 Å². The summed E-state index contributed by atoms with van der Waals surface area (Å²) in [7, 11) is 0. The number of hydrogen-bond acceptors (Lipinski definition) is 6. The quantitative estimate of drug-likeness (QED) is 0.523. The van der Waals surface area contributed by atoms with Gasteiger partial charge in [0.05, 0.1) is 15.9 Å². The van der Waals surface area contributed by atoms with Crippen molar-refractivity contribution in [2.24, 2.45) is 0 Å². The van der Waals surface area contributed by atoms with Gasteiger partial charge in [0.1, 0.15) is 11.4 Å². The van der Waals surface area contributed by atoms with Gasteiger partial charge in [-0.3, -0.25) is 25.0 Å². The fraction of sp³-hybridized carbons (Fsp3) is 0.0556. The maximum Gasteiger partial charge on any atom is 0.299 e. The van der Waals surface area contributed by atoms with E-state index < -0.39 is 27.1 Å². The molecule has 0 aliphatic carbocycles. The number of carbonyl (C=O) groups excluding carboxylic acids is 1. The molecule has 0 radical (unpaired) electrons. The van der Waals surface area contributed by atoms with Crippen LogP contribution in [0, 0.1) is 20.2 Å². The average Bonchev–Trinajstić information content (AvgIpc) is 2.66. The standard InChI is InChI=1S/C18H13N3O6/c22-18(11-27-15-7-5-12-3-1-2-4-13(12)9-15)19-16-8-6-14(20(23)24)10-17(16)21(25)26/h1-10H,11H2,(H,19,22). The van der Waals surface area contributed by atoms with E-state index in [0.717, 1.165) is 29.0 Å². The molecular formula is C18H13N3O6. The van der Waals surface area contributed by atoms with Crippen LogP contribution in [0.3, 0.4) is 0 Å². The van der Waals surface area contributed by atoms with Crippen LogP contribution in [-0.4, -0.2) is 22.4 Å². The number of nitrogens with zero attached hydrogens (tertiary/aromatic N) is 2. The van der Waals surface area contributed by atoms with E-state index in [2.05, 4.69) is 5.32 Å². The summed E-state index contributed by atoms with van der Waals surface area (Å²) in [6.07, 6.45) is 0. The average molecular weight is 367 g/mol. The van der Waals surface area contributed by atoms with E-state index in [1.807, 2.05) is 30.3 Å². The van der Waals surface area contributed by atoms with E-state index >= 15 is 0 Å². The highest BCUT2D eigenvalue weighted by Crippen LogP contribution is 2.29. The molecule has 3 aromatic rings. The number of amides is 1. The van der Waals surface area contributed by atoms with Crippen LogP contribution >= 0.6 is 0 Å². The molecule has 0 atom stereocenters. The molecular weight excluding hydrogens is 354 g/mol. The number of nitrogens with one attached hydrogen (secondary N) is 1. The van der Waals surface area contributed by atoms with Crippen LogP contribution in [0.4, 0.5) is 17.1 Å². The second kappa shape index (κ2) is 7.48. The van der Waals surface area contributed by atoms with Gasteiger partial charge in [0, 0.05) is 6.07 Å². The molecule has 0 fully saturated rings. The van der Waals surface area contributed by atoms with Gasteiger partial charge in [-0.05, 0) is 29.0 Å². The summed E-state index contributed by atoms with van der Waals surface area (Å²) in [5.41, 5.74) is -1.15. The third kappa shape index (κ3) is 4.15. The second-order valence-electron chi connectivity index (χ2n) is 5.56. The lowest BCUT2D eigenvalue weighted by Crippen LogP contribution is -2.20. The third-order valence-corrected chi connectivity index (χ3v) is 3.75. The molecule has 0 spiro atoms. The Balaban J connectivity index is 1.69. The molecule has 3 rings (SSSR count). The van der Waals surface area contributed by atoms with Crippen molar-refractivity contribution >= 4 is 33.7 Å². The molecule has 0 aromatic heterocycles. The first-order valence-electron chi connectivity index (χ1n) is 7.78. The Morgan fingerprint density at radius 1 is 0.926 bits per heavy atom. The molecule has 0 aliphatic heterocycles. The van der Waals surface area contributed by atoms with E-state index in [0.29, 0.717) is 5.75 Å². The topological polar surface area (TPSA) is 125 Å². The van der Waals surface area contributed by atoms with Crippen molar-refractivity contribution in [3.63, 3.8) is 0 Å². The number of hydrogen-bond donors (Lipinski definition) is 1. The molecule has 1 amide bonds. The van der Waals surface area contributed by atoms with Gasteiger partial charge in [0.2, 0.25) is 0 Å². The van der Waals surface area contributed by atoms with Crippen LogP contribution in [0.2, 0.25) is 0 Å². The Hall–Kier alpha value is -4.01. The molecule has 27 heavy (non-hydrogen) atoms. The molecule has 0 saturated heterocycles. The Morgan fingerprint density at radius 2 is 1.67 bits per heavy atom. The number of nitro groups is 2. The molecule has 0 aliphatic rings. The van der Waals surface area contributed by atoms with Crippen molar-refractivity contribution in [3.8, 4) is 5.75 Å². The smallest absolute Gasteiger partial charge is 0.299 e. The Morgan fingerprint density at radius 3 is 2.37 bits per heavy atom. The molecule has 1 N–H and O–H groups in total. The summed E-state index contributed by atoms with van der Waals surface area (Å²) < 4.78 is 5.42. The van der Waals surface area contributed by atoms with Gasteiger partial charge in [-0.15, -0.1) is 0 Å². The van der Waals surface area contributed by atoms with Gasteiger partial charge in [0.25, 0.3) is 17.3 Å². The van der Waals surface area contributed by atoms with Crippen molar-refractivity contribution in [3.05, 3.63) is 80.9 Å². The molecule has 0 unspecified atom stereocenters.